The van der Waals surface area contributed by atoms with Gasteiger partial charge >= 0.3 is 0 Å². The van der Waals surface area contributed by atoms with Crippen LogP contribution in [-0.4, -0.2) is 33.9 Å². The Balaban J connectivity index is 2.10. The van der Waals surface area contributed by atoms with Gasteiger partial charge in [-0.15, -0.1) is 0 Å². The second-order valence-electron chi connectivity index (χ2n) is 4.14. The van der Waals surface area contributed by atoms with Gasteiger partial charge in [0, 0.05) is 25.0 Å². The summed E-state index contributed by atoms with van der Waals surface area (Å²) < 4.78 is 2.06. The Hall–Kier alpha value is -0.870. The Bertz CT molecular complexity index is 246. The molecule has 2 N–H and O–H groups in total. The van der Waals surface area contributed by atoms with Crippen molar-refractivity contribution in [2.75, 3.05) is 13.2 Å². The van der Waals surface area contributed by atoms with Gasteiger partial charge in [-0.1, -0.05) is 13.8 Å². The third-order valence-electron chi connectivity index (χ3n) is 2.56. The molecule has 1 atom stereocenters. The fraction of sp³-hybridized carbons (Fsp3) is 0.727. The number of hydrogen-bond donors (Lipinski definition) is 2. The van der Waals surface area contributed by atoms with Gasteiger partial charge in [0.2, 0.25) is 0 Å². The molecule has 15 heavy (non-hydrogen) atoms. The smallest absolute Gasteiger partial charge is 0.0945 e. The normalized spacial score (nSPS) is 13.3. The Morgan fingerprint density at radius 2 is 2.27 bits per heavy atom. The lowest BCUT2D eigenvalue weighted by Crippen LogP contribution is -2.37. The van der Waals surface area contributed by atoms with Crippen molar-refractivity contribution in [2.45, 2.75) is 32.9 Å². The van der Waals surface area contributed by atoms with E-state index in [1.807, 2.05) is 12.5 Å². The molecule has 0 saturated carbocycles. The van der Waals surface area contributed by atoms with Gasteiger partial charge in [0.1, 0.15) is 0 Å². The summed E-state index contributed by atoms with van der Waals surface area (Å²) in [4.78, 5) is 3.98. The van der Waals surface area contributed by atoms with Crippen LogP contribution >= 0.6 is 0 Å². The average molecular weight is 211 g/mol. The van der Waals surface area contributed by atoms with Gasteiger partial charge in [-0.25, -0.2) is 4.98 Å². The number of aryl methyl sites for hydroxylation is 1. The van der Waals surface area contributed by atoms with E-state index in [0.717, 1.165) is 19.5 Å². The molecule has 1 aromatic rings. The highest BCUT2D eigenvalue weighted by atomic mass is 16.3. The number of imidazole rings is 1. The highest BCUT2D eigenvalue weighted by Crippen LogP contribution is 2.00. The third kappa shape index (κ3) is 4.44. The molecule has 4 heteroatoms. The standard InChI is InChI=1S/C11H21N3O/c1-10(2)11(8-15)13-4-3-6-14-7-5-12-9-14/h5,7,9-11,13,15H,3-4,6,8H2,1-2H3/t11-/m1/s1. The van der Waals surface area contributed by atoms with Crippen LogP contribution in [0.3, 0.4) is 0 Å². The zero-order valence-corrected chi connectivity index (χ0v) is 9.56. The molecule has 0 unspecified atom stereocenters. The van der Waals surface area contributed by atoms with Crippen molar-refractivity contribution in [1.29, 1.82) is 0 Å². The first kappa shape index (κ1) is 12.2. The van der Waals surface area contributed by atoms with E-state index < -0.39 is 0 Å². The molecular formula is C11H21N3O. The van der Waals surface area contributed by atoms with E-state index in [4.69, 9.17) is 5.11 Å². The molecule has 0 spiro atoms. The molecule has 1 rings (SSSR count). The van der Waals surface area contributed by atoms with E-state index in [1.165, 1.54) is 0 Å². The first-order valence-electron chi connectivity index (χ1n) is 5.54. The Labute approximate surface area is 91.3 Å². The third-order valence-corrected chi connectivity index (χ3v) is 2.56. The number of aliphatic hydroxyl groups is 1. The van der Waals surface area contributed by atoms with E-state index in [9.17, 15) is 0 Å². The lowest BCUT2D eigenvalue weighted by molar-refractivity contribution is 0.210. The minimum absolute atomic E-state index is 0.211. The monoisotopic (exact) mass is 211 g/mol. The summed E-state index contributed by atoms with van der Waals surface area (Å²) in [5.41, 5.74) is 0. The lowest BCUT2D eigenvalue weighted by Gasteiger charge is -2.19. The topological polar surface area (TPSA) is 50.1 Å². The summed E-state index contributed by atoms with van der Waals surface area (Å²) in [6.07, 6.45) is 6.63. The Morgan fingerprint density at radius 3 is 2.80 bits per heavy atom. The van der Waals surface area contributed by atoms with Crippen LogP contribution in [0.1, 0.15) is 20.3 Å². The van der Waals surface area contributed by atoms with Crippen molar-refractivity contribution in [3.05, 3.63) is 18.7 Å². The van der Waals surface area contributed by atoms with Crippen LogP contribution in [0.2, 0.25) is 0 Å². The van der Waals surface area contributed by atoms with Gasteiger partial charge in [0.05, 0.1) is 12.9 Å². The quantitative estimate of drug-likeness (QED) is 0.658. The first-order valence-corrected chi connectivity index (χ1v) is 5.54. The number of nitrogens with one attached hydrogen (secondary N) is 1. The zero-order valence-electron chi connectivity index (χ0n) is 9.56. The fourth-order valence-corrected chi connectivity index (χ4v) is 1.48. The zero-order chi connectivity index (χ0) is 11.1. The van der Waals surface area contributed by atoms with Gasteiger partial charge < -0.3 is 15.0 Å². The van der Waals surface area contributed by atoms with E-state index in [0.29, 0.717) is 5.92 Å². The number of aromatic nitrogens is 2. The molecule has 0 saturated heterocycles. The molecule has 0 aliphatic heterocycles. The number of hydrogen-bond acceptors (Lipinski definition) is 3. The molecule has 0 fully saturated rings. The van der Waals surface area contributed by atoms with E-state index >= 15 is 0 Å². The summed E-state index contributed by atoms with van der Waals surface area (Å²) >= 11 is 0. The summed E-state index contributed by atoms with van der Waals surface area (Å²) in [6.45, 7) is 6.35. The highest BCUT2D eigenvalue weighted by Gasteiger charge is 2.09. The lowest BCUT2D eigenvalue weighted by atomic mass is 10.1. The van der Waals surface area contributed by atoms with E-state index in [-0.39, 0.29) is 12.6 Å². The number of aliphatic hydroxyl groups excluding tert-OH is 1. The van der Waals surface area contributed by atoms with Gasteiger partial charge in [0.15, 0.2) is 0 Å². The molecule has 0 aromatic carbocycles. The van der Waals surface area contributed by atoms with Gasteiger partial charge in [-0.2, -0.15) is 0 Å². The first-order chi connectivity index (χ1) is 7.24. The van der Waals surface area contributed by atoms with Gasteiger partial charge in [0.25, 0.3) is 0 Å². The molecule has 4 nitrogen and oxygen atoms in total. The van der Waals surface area contributed by atoms with E-state index in [2.05, 4.69) is 28.7 Å². The van der Waals surface area contributed by atoms with Gasteiger partial charge in [-0.3, -0.25) is 0 Å². The van der Waals surface area contributed by atoms with Crippen LogP contribution < -0.4 is 5.32 Å². The predicted octanol–water partition coefficient (Wildman–Crippen LogP) is 0.880. The molecule has 0 radical (unpaired) electrons. The van der Waals surface area contributed by atoms with Crippen molar-refractivity contribution >= 4 is 0 Å². The maximum atomic E-state index is 9.10. The average Bonchev–Trinajstić information content (AvgIpc) is 2.70. The minimum Gasteiger partial charge on any atom is -0.395 e. The summed E-state index contributed by atoms with van der Waals surface area (Å²) in [5.74, 6) is 0.475. The fourth-order valence-electron chi connectivity index (χ4n) is 1.48. The summed E-state index contributed by atoms with van der Waals surface area (Å²) in [6, 6.07) is 0.216. The van der Waals surface area contributed by atoms with Crippen LogP contribution in [0.25, 0.3) is 0 Å². The molecule has 0 amide bonds. The van der Waals surface area contributed by atoms with Crippen LogP contribution in [0.5, 0.6) is 0 Å². The largest absolute Gasteiger partial charge is 0.395 e. The minimum atomic E-state index is 0.211. The molecule has 0 aliphatic carbocycles. The molecule has 1 heterocycles. The van der Waals surface area contributed by atoms with Crippen molar-refractivity contribution in [1.82, 2.24) is 14.9 Å². The van der Waals surface area contributed by atoms with Crippen molar-refractivity contribution in [3.8, 4) is 0 Å². The summed E-state index contributed by atoms with van der Waals surface area (Å²) in [7, 11) is 0. The van der Waals surface area contributed by atoms with Crippen molar-refractivity contribution in [2.24, 2.45) is 5.92 Å². The Morgan fingerprint density at radius 1 is 1.47 bits per heavy atom. The van der Waals surface area contributed by atoms with Crippen LogP contribution in [0.4, 0.5) is 0 Å². The summed E-state index contributed by atoms with van der Waals surface area (Å²) in [5, 5.41) is 12.4. The number of rotatable bonds is 7. The SMILES string of the molecule is CC(C)[C@@H](CO)NCCCn1ccnc1. The second kappa shape index (κ2) is 6.58. The molecule has 0 aliphatic rings. The van der Waals surface area contributed by atoms with Crippen LogP contribution in [-0.2, 0) is 6.54 Å². The van der Waals surface area contributed by atoms with Crippen molar-refractivity contribution in [3.63, 3.8) is 0 Å². The maximum Gasteiger partial charge on any atom is 0.0945 e. The molecule has 0 bridgehead atoms. The highest BCUT2D eigenvalue weighted by molar-refractivity contribution is 4.74. The second-order valence-corrected chi connectivity index (χ2v) is 4.14. The number of nitrogens with zero attached hydrogens (tertiary/aromatic N) is 2. The van der Waals surface area contributed by atoms with Crippen molar-refractivity contribution < 1.29 is 5.11 Å². The van der Waals surface area contributed by atoms with Crippen LogP contribution in [0.15, 0.2) is 18.7 Å². The molecule has 1 aromatic heterocycles. The maximum absolute atomic E-state index is 9.10. The van der Waals surface area contributed by atoms with Gasteiger partial charge in [-0.05, 0) is 18.9 Å². The molecular weight excluding hydrogens is 190 g/mol. The van der Waals surface area contributed by atoms with Crippen LogP contribution in [0, 0.1) is 5.92 Å². The van der Waals surface area contributed by atoms with E-state index in [1.54, 1.807) is 6.20 Å². The molecule has 86 valence electrons. The predicted molar refractivity (Wildman–Crippen MR) is 60.6 cm³/mol. The Kier molecular flexibility index (Phi) is 5.36.